The first kappa shape index (κ1) is 20.9. The van der Waals surface area contributed by atoms with Crippen LogP contribution in [0, 0.1) is 0 Å². The molecule has 1 nitrogen and oxygen atoms in total. The van der Waals surface area contributed by atoms with Gasteiger partial charge < -0.3 is 0 Å². The number of ketones is 1. The van der Waals surface area contributed by atoms with Gasteiger partial charge in [0.15, 0.2) is 5.78 Å². The molecule has 0 heterocycles. The lowest BCUT2D eigenvalue weighted by atomic mass is 9.74. The minimum atomic E-state index is -0.207. The van der Waals surface area contributed by atoms with Crippen LogP contribution in [0.15, 0.2) is 96.1 Å². The number of carbonyl (C=O) groups excluding carboxylic acids is 1. The molecule has 2 aromatic rings. The molecule has 0 bridgehead atoms. The van der Waals surface area contributed by atoms with E-state index in [9.17, 15) is 4.79 Å². The van der Waals surface area contributed by atoms with Crippen molar-refractivity contribution in [2.75, 3.05) is 0 Å². The maximum Gasteiger partial charge on any atom is 0.192 e. The maximum absolute atomic E-state index is 13.1. The van der Waals surface area contributed by atoms with Crippen LogP contribution in [-0.2, 0) is 15.6 Å². The molecule has 0 saturated heterocycles. The summed E-state index contributed by atoms with van der Waals surface area (Å²) in [5, 5.41) is 1.51. The Bertz CT molecular complexity index is 1030. The Morgan fingerprint density at radius 2 is 1.13 bits per heavy atom. The van der Waals surface area contributed by atoms with Crippen molar-refractivity contribution in [3.63, 3.8) is 0 Å². The summed E-state index contributed by atoms with van der Waals surface area (Å²) in [5.41, 5.74) is 3.22. The van der Waals surface area contributed by atoms with Crippen molar-refractivity contribution in [3.8, 4) is 0 Å². The predicted molar refractivity (Wildman–Crippen MR) is 126 cm³/mol. The molecule has 4 rings (SSSR count). The summed E-state index contributed by atoms with van der Waals surface area (Å²) in [7, 11) is 0. The molecule has 3 heteroatoms. The van der Waals surface area contributed by atoms with Crippen LogP contribution in [0.25, 0.3) is 0 Å². The van der Waals surface area contributed by atoms with E-state index in [0.29, 0.717) is 0 Å². The first-order chi connectivity index (χ1) is 14.3. The molecule has 0 fully saturated rings. The van der Waals surface area contributed by atoms with Gasteiger partial charge in [0.2, 0.25) is 0 Å². The van der Waals surface area contributed by atoms with Crippen molar-refractivity contribution in [2.24, 2.45) is 0 Å². The molecular formula is C27H24Cl2O. The predicted octanol–water partition coefficient (Wildman–Crippen LogP) is 7.55. The van der Waals surface area contributed by atoms with Crippen LogP contribution in [0.4, 0.5) is 0 Å². The van der Waals surface area contributed by atoms with Crippen molar-refractivity contribution in [2.45, 2.75) is 37.5 Å². The fraction of sp³-hybridized carbons (Fsp3) is 0.222. The Morgan fingerprint density at radius 3 is 1.47 bits per heavy atom. The van der Waals surface area contributed by atoms with Gasteiger partial charge in [0.1, 0.15) is 0 Å². The zero-order valence-electron chi connectivity index (χ0n) is 17.2. The monoisotopic (exact) mass is 434 g/mol. The lowest BCUT2D eigenvalue weighted by Gasteiger charge is -2.30. The second kappa shape index (κ2) is 8.06. The Labute approximate surface area is 188 Å². The molecule has 2 aliphatic rings. The standard InChI is InChI=1S/C27H24Cl2O/c1-26(21-7-3-5-9-23(21)28)15-11-19(12-16-26)25(30)20-13-17-27(2,18-14-20)22-8-4-6-10-24(22)29/h3-15,17H,16,18H2,1-2H3. The van der Waals surface area contributed by atoms with Crippen LogP contribution < -0.4 is 0 Å². The van der Waals surface area contributed by atoms with Gasteiger partial charge in [-0.2, -0.15) is 0 Å². The quantitative estimate of drug-likeness (QED) is 0.485. The molecular weight excluding hydrogens is 411 g/mol. The van der Waals surface area contributed by atoms with Gasteiger partial charge in [-0.25, -0.2) is 0 Å². The van der Waals surface area contributed by atoms with Crippen LogP contribution in [0.1, 0.15) is 37.8 Å². The number of carbonyl (C=O) groups is 1. The first-order valence-corrected chi connectivity index (χ1v) is 10.9. The largest absolute Gasteiger partial charge is 0.289 e. The molecule has 2 aromatic carbocycles. The van der Waals surface area contributed by atoms with Crippen molar-refractivity contribution >= 4 is 29.0 Å². The van der Waals surface area contributed by atoms with Crippen LogP contribution in [0.3, 0.4) is 0 Å². The van der Waals surface area contributed by atoms with Crippen molar-refractivity contribution < 1.29 is 4.79 Å². The molecule has 0 spiro atoms. The third-order valence-corrected chi connectivity index (χ3v) is 6.92. The van der Waals surface area contributed by atoms with Crippen LogP contribution >= 0.6 is 23.2 Å². The Balaban J connectivity index is 1.51. The van der Waals surface area contributed by atoms with Crippen molar-refractivity contribution in [1.29, 1.82) is 0 Å². The molecule has 2 aliphatic carbocycles. The molecule has 152 valence electrons. The maximum atomic E-state index is 13.1. The van der Waals surface area contributed by atoms with E-state index in [0.717, 1.165) is 45.2 Å². The molecule has 0 saturated carbocycles. The fourth-order valence-corrected chi connectivity index (χ4v) is 4.92. The van der Waals surface area contributed by atoms with Gasteiger partial charge in [-0.3, -0.25) is 4.79 Å². The number of Topliss-reactive ketones (excluding diaryl/α,β-unsaturated/α-hetero) is 1. The van der Waals surface area contributed by atoms with E-state index in [1.54, 1.807) is 0 Å². The van der Waals surface area contributed by atoms with Crippen LogP contribution in [0.2, 0.25) is 10.0 Å². The number of halogens is 2. The van der Waals surface area contributed by atoms with E-state index in [4.69, 9.17) is 23.2 Å². The van der Waals surface area contributed by atoms with E-state index in [1.165, 1.54) is 0 Å². The zero-order chi connectivity index (χ0) is 21.4. The van der Waals surface area contributed by atoms with Gasteiger partial charge >= 0.3 is 0 Å². The lowest BCUT2D eigenvalue weighted by Crippen LogP contribution is -2.24. The van der Waals surface area contributed by atoms with Gasteiger partial charge in [-0.1, -0.05) is 110 Å². The summed E-state index contributed by atoms with van der Waals surface area (Å²) in [4.78, 5) is 13.1. The van der Waals surface area contributed by atoms with Gasteiger partial charge in [-0.15, -0.1) is 0 Å². The number of allylic oxidation sites excluding steroid dienone is 8. The molecule has 0 amide bonds. The highest BCUT2D eigenvalue weighted by molar-refractivity contribution is 6.31. The highest BCUT2D eigenvalue weighted by Gasteiger charge is 2.31. The number of rotatable bonds is 4. The zero-order valence-corrected chi connectivity index (χ0v) is 18.7. The second-order valence-electron chi connectivity index (χ2n) is 8.52. The average molecular weight is 435 g/mol. The summed E-state index contributed by atoms with van der Waals surface area (Å²) in [6.45, 7) is 4.30. The highest BCUT2D eigenvalue weighted by Crippen LogP contribution is 2.40. The number of hydrogen-bond acceptors (Lipinski definition) is 1. The molecule has 30 heavy (non-hydrogen) atoms. The van der Waals surface area contributed by atoms with E-state index in [1.807, 2.05) is 60.7 Å². The van der Waals surface area contributed by atoms with Crippen molar-refractivity contribution in [3.05, 3.63) is 117 Å². The normalized spacial score (nSPS) is 25.6. The molecule has 0 N–H and O–H groups in total. The summed E-state index contributed by atoms with van der Waals surface area (Å²) in [6, 6.07) is 15.8. The number of benzene rings is 2. The van der Waals surface area contributed by atoms with Gasteiger partial charge in [0.25, 0.3) is 0 Å². The Hall–Kier alpha value is -2.35. The molecule has 0 aromatic heterocycles. The molecule has 0 aliphatic heterocycles. The third kappa shape index (κ3) is 3.85. The van der Waals surface area contributed by atoms with Crippen LogP contribution in [-0.4, -0.2) is 5.78 Å². The second-order valence-corrected chi connectivity index (χ2v) is 9.33. The first-order valence-electron chi connectivity index (χ1n) is 10.2. The Kier molecular flexibility index (Phi) is 5.61. The topological polar surface area (TPSA) is 17.1 Å². The lowest BCUT2D eigenvalue weighted by molar-refractivity contribution is -0.111. The Morgan fingerprint density at radius 1 is 0.733 bits per heavy atom. The van der Waals surface area contributed by atoms with Gasteiger partial charge in [0.05, 0.1) is 0 Å². The van der Waals surface area contributed by atoms with Gasteiger partial charge in [-0.05, 0) is 36.1 Å². The SMILES string of the molecule is CC1(c2ccccc2Cl)C=CC(C(=O)C2=CCC(C)(c3ccccc3Cl)C=C2)=CC1. The number of hydrogen-bond donors (Lipinski definition) is 0. The third-order valence-electron chi connectivity index (χ3n) is 6.26. The minimum absolute atomic E-state index is 0.0601. The van der Waals surface area contributed by atoms with Crippen LogP contribution in [0.5, 0.6) is 0 Å². The summed E-state index contributed by atoms with van der Waals surface area (Å²) >= 11 is 12.8. The van der Waals surface area contributed by atoms with Gasteiger partial charge in [0, 0.05) is 32.0 Å². The smallest absolute Gasteiger partial charge is 0.192 e. The van der Waals surface area contributed by atoms with E-state index in [2.05, 4.69) is 38.1 Å². The summed E-state index contributed by atoms with van der Waals surface area (Å²) < 4.78 is 0. The summed E-state index contributed by atoms with van der Waals surface area (Å²) in [5.74, 6) is 0.0601. The van der Waals surface area contributed by atoms with E-state index in [-0.39, 0.29) is 16.6 Å². The molecule has 2 atom stereocenters. The minimum Gasteiger partial charge on any atom is -0.289 e. The average Bonchev–Trinajstić information content (AvgIpc) is 2.75. The van der Waals surface area contributed by atoms with E-state index < -0.39 is 0 Å². The summed E-state index contributed by atoms with van der Waals surface area (Å²) in [6.07, 6.45) is 13.6. The molecule has 0 radical (unpaired) electrons. The molecule has 2 unspecified atom stereocenters. The fourth-order valence-electron chi connectivity index (χ4n) is 4.22. The highest BCUT2D eigenvalue weighted by atomic mass is 35.5. The van der Waals surface area contributed by atoms with E-state index >= 15 is 0 Å². The van der Waals surface area contributed by atoms with Crippen molar-refractivity contribution in [1.82, 2.24) is 0 Å².